The molecule has 5 nitrogen and oxygen atoms in total. The molecule has 2 fully saturated rings. The Morgan fingerprint density at radius 1 is 1.28 bits per heavy atom. The predicted molar refractivity (Wildman–Crippen MR) is 67.2 cm³/mol. The number of carboxylic acids is 1. The van der Waals surface area contributed by atoms with Gasteiger partial charge in [0.2, 0.25) is 5.91 Å². The number of amides is 1. The lowest BCUT2D eigenvalue weighted by Crippen LogP contribution is -2.55. The molecule has 1 amide bonds. The van der Waals surface area contributed by atoms with E-state index in [1.807, 2.05) is 0 Å². The number of rotatable bonds is 3. The van der Waals surface area contributed by atoms with Crippen molar-refractivity contribution in [3.63, 3.8) is 0 Å². The largest absolute Gasteiger partial charge is 0.480 e. The van der Waals surface area contributed by atoms with E-state index in [1.54, 1.807) is 0 Å². The third kappa shape index (κ3) is 3.02. The van der Waals surface area contributed by atoms with Gasteiger partial charge in [0.1, 0.15) is 6.54 Å². The van der Waals surface area contributed by atoms with E-state index in [2.05, 4.69) is 11.8 Å². The van der Waals surface area contributed by atoms with E-state index in [0.717, 1.165) is 44.7 Å². The van der Waals surface area contributed by atoms with Gasteiger partial charge in [0, 0.05) is 6.54 Å². The summed E-state index contributed by atoms with van der Waals surface area (Å²) in [5, 5.41) is 8.81. The summed E-state index contributed by atoms with van der Waals surface area (Å²) < 4.78 is 0. The van der Waals surface area contributed by atoms with Crippen LogP contribution in [0.2, 0.25) is 0 Å². The highest BCUT2D eigenvalue weighted by Crippen LogP contribution is 2.23. The van der Waals surface area contributed by atoms with Crippen LogP contribution >= 0.6 is 0 Å². The maximum absolute atomic E-state index is 12.3. The molecule has 0 spiro atoms. The molecule has 1 N–H and O–H groups in total. The number of piperidine rings is 2. The molecule has 2 saturated heterocycles. The quantitative estimate of drug-likeness (QED) is 0.809. The van der Waals surface area contributed by atoms with Crippen LogP contribution < -0.4 is 0 Å². The molecular weight excluding hydrogens is 232 g/mol. The highest BCUT2D eigenvalue weighted by atomic mass is 16.4. The Morgan fingerprint density at radius 2 is 1.94 bits per heavy atom. The Morgan fingerprint density at radius 3 is 2.56 bits per heavy atom. The van der Waals surface area contributed by atoms with Gasteiger partial charge in [-0.25, -0.2) is 0 Å². The minimum Gasteiger partial charge on any atom is -0.480 e. The number of likely N-dealkylation sites (tertiary alicyclic amines) is 2. The van der Waals surface area contributed by atoms with Crippen LogP contribution in [0.25, 0.3) is 0 Å². The van der Waals surface area contributed by atoms with E-state index in [1.165, 1.54) is 4.90 Å². The second-order valence-corrected chi connectivity index (χ2v) is 5.53. The van der Waals surface area contributed by atoms with Crippen LogP contribution in [-0.2, 0) is 9.59 Å². The first-order chi connectivity index (χ1) is 8.58. The van der Waals surface area contributed by atoms with Crippen molar-refractivity contribution in [2.75, 3.05) is 26.2 Å². The molecule has 2 heterocycles. The van der Waals surface area contributed by atoms with E-state index >= 15 is 0 Å². The van der Waals surface area contributed by atoms with Gasteiger partial charge in [-0.15, -0.1) is 0 Å². The van der Waals surface area contributed by atoms with E-state index < -0.39 is 5.97 Å². The maximum Gasteiger partial charge on any atom is 0.323 e. The van der Waals surface area contributed by atoms with Crippen molar-refractivity contribution in [3.8, 4) is 0 Å². The maximum atomic E-state index is 12.3. The molecule has 0 bridgehead atoms. The Labute approximate surface area is 108 Å². The Bertz CT molecular complexity index is 324. The van der Waals surface area contributed by atoms with E-state index in [0.29, 0.717) is 6.54 Å². The third-order valence-corrected chi connectivity index (χ3v) is 4.09. The van der Waals surface area contributed by atoms with Crippen molar-refractivity contribution >= 4 is 11.9 Å². The minimum absolute atomic E-state index is 0.0122. The number of hydrogen-bond donors (Lipinski definition) is 1. The van der Waals surface area contributed by atoms with Gasteiger partial charge < -0.3 is 10.0 Å². The second kappa shape index (κ2) is 5.69. The summed E-state index contributed by atoms with van der Waals surface area (Å²) in [7, 11) is 0. The van der Waals surface area contributed by atoms with Crippen LogP contribution in [0, 0.1) is 5.92 Å². The van der Waals surface area contributed by atoms with Gasteiger partial charge in [0.15, 0.2) is 0 Å². The van der Waals surface area contributed by atoms with Crippen molar-refractivity contribution < 1.29 is 14.7 Å². The van der Waals surface area contributed by atoms with Crippen molar-refractivity contribution in [2.24, 2.45) is 5.92 Å². The number of carboxylic acid groups (broad SMARTS) is 1. The summed E-state index contributed by atoms with van der Waals surface area (Å²) in [6.07, 6.45) is 4.07. The van der Waals surface area contributed by atoms with Gasteiger partial charge in [0.25, 0.3) is 0 Å². The highest BCUT2D eigenvalue weighted by Gasteiger charge is 2.35. The number of aliphatic carboxylic acids is 1. The fraction of sp³-hybridized carbons (Fsp3) is 0.846. The van der Waals surface area contributed by atoms with Gasteiger partial charge in [-0.3, -0.25) is 14.5 Å². The second-order valence-electron chi connectivity index (χ2n) is 5.53. The zero-order chi connectivity index (χ0) is 13.1. The molecule has 0 aromatic heterocycles. The van der Waals surface area contributed by atoms with Gasteiger partial charge in [-0.1, -0.05) is 6.92 Å². The molecule has 0 saturated carbocycles. The smallest absolute Gasteiger partial charge is 0.323 e. The number of carbonyl (C=O) groups excluding carboxylic acids is 1. The molecule has 1 atom stereocenters. The number of carbonyl (C=O) groups is 2. The van der Waals surface area contributed by atoms with Crippen LogP contribution in [0.3, 0.4) is 0 Å². The lowest BCUT2D eigenvalue weighted by Gasteiger charge is -2.40. The summed E-state index contributed by atoms with van der Waals surface area (Å²) in [6.45, 7) is 4.62. The minimum atomic E-state index is -0.920. The summed E-state index contributed by atoms with van der Waals surface area (Å²) in [6, 6.07) is -0.0781. The van der Waals surface area contributed by atoms with E-state index in [9.17, 15) is 9.59 Å². The first kappa shape index (κ1) is 13.3. The average Bonchev–Trinajstić information content (AvgIpc) is 2.33. The lowest BCUT2D eigenvalue weighted by atomic mass is 9.95. The summed E-state index contributed by atoms with van der Waals surface area (Å²) >= 11 is 0. The van der Waals surface area contributed by atoms with Gasteiger partial charge in [-0.2, -0.15) is 0 Å². The number of nitrogens with zero attached hydrogens (tertiary/aromatic N) is 2. The molecule has 5 heteroatoms. The van der Waals surface area contributed by atoms with E-state index in [4.69, 9.17) is 5.11 Å². The highest BCUT2D eigenvalue weighted by molar-refractivity contribution is 5.86. The third-order valence-electron chi connectivity index (χ3n) is 4.09. The van der Waals surface area contributed by atoms with Crippen molar-refractivity contribution in [1.82, 2.24) is 9.80 Å². The molecule has 0 aliphatic carbocycles. The zero-order valence-corrected chi connectivity index (χ0v) is 11.0. The first-order valence-corrected chi connectivity index (χ1v) is 6.82. The number of hydrogen-bond acceptors (Lipinski definition) is 3. The van der Waals surface area contributed by atoms with Crippen molar-refractivity contribution in [2.45, 2.75) is 38.6 Å². The van der Waals surface area contributed by atoms with Gasteiger partial charge in [-0.05, 0) is 44.7 Å². The van der Waals surface area contributed by atoms with Crippen LogP contribution in [0.5, 0.6) is 0 Å². The van der Waals surface area contributed by atoms with Gasteiger partial charge in [0.05, 0.1) is 6.04 Å². The molecule has 18 heavy (non-hydrogen) atoms. The SMILES string of the molecule is CC1CCN([C@@H]2CCCN(CC(=O)O)C2=O)CC1. The molecule has 0 aromatic rings. The summed E-state index contributed by atoms with van der Waals surface area (Å²) in [4.78, 5) is 26.7. The standard InChI is InChI=1S/C13H22N2O3/c1-10-4-7-14(8-5-10)11-3-2-6-15(13(11)18)9-12(16)17/h10-11H,2-9H2,1H3,(H,16,17)/t11-/m1/s1. The summed E-state index contributed by atoms with van der Waals surface area (Å²) in [5.41, 5.74) is 0. The van der Waals surface area contributed by atoms with E-state index in [-0.39, 0.29) is 18.5 Å². The molecular formula is C13H22N2O3. The monoisotopic (exact) mass is 254 g/mol. The molecule has 0 unspecified atom stereocenters. The fourth-order valence-electron chi connectivity index (χ4n) is 2.92. The molecule has 2 aliphatic rings. The van der Waals surface area contributed by atoms with Crippen LogP contribution in [-0.4, -0.2) is 59.0 Å². The van der Waals surface area contributed by atoms with Crippen LogP contribution in [0.15, 0.2) is 0 Å². The fourth-order valence-corrected chi connectivity index (χ4v) is 2.92. The first-order valence-electron chi connectivity index (χ1n) is 6.82. The van der Waals surface area contributed by atoms with Crippen molar-refractivity contribution in [3.05, 3.63) is 0 Å². The summed E-state index contributed by atoms with van der Waals surface area (Å²) in [5.74, 6) is -0.162. The normalized spacial score (nSPS) is 27.5. The van der Waals surface area contributed by atoms with Crippen molar-refractivity contribution in [1.29, 1.82) is 0 Å². The molecule has 0 aromatic carbocycles. The Kier molecular flexibility index (Phi) is 4.22. The van der Waals surface area contributed by atoms with Crippen LogP contribution in [0.1, 0.15) is 32.6 Å². The van der Waals surface area contributed by atoms with Gasteiger partial charge >= 0.3 is 5.97 Å². The Balaban J connectivity index is 1.95. The van der Waals surface area contributed by atoms with Crippen LogP contribution in [0.4, 0.5) is 0 Å². The topological polar surface area (TPSA) is 60.9 Å². The lowest BCUT2D eigenvalue weighted by molar-refractivity contribution is -0.149. The molecule has 102 valence electrons. The molecule has 2 rings (SSSR count). The zero-order valence-electron chi connectivity index (χ0n) is 11.0. The Hall–Kier alpha value is -1.10. The molecule has 0 radical (unpaired) electrons. The molecule has 2 aliphatic heterocycles. The predicted octanol–water partition coefficient (Wildman–Crippen LogP) is 0.794. The average molecular weight is 254 g/mol.